The Balaban J connectivity index is 1.33. The first-order chi connectivity index (χ1) is 13.2. The summed E-state index contributed by atoms with van der Waals surface area (Å²) in [5.41, 5.74) is 0.481. The third kappa shape index (κ3) is 3.78. The van der Waals surface area contributed by atoms with Gasteiger partial charge in [0.1, 0.15) is 11.9 Å². The first kappa shape index (κ1) is 18.2. The van der Waals surface area contributed by atoms with Crippen molar-refractivity contribution in [1.82, 2.24) is 20.1 Å². The molecule has 2 atom stereocenters. The Kier molecular flexibility index (Phi) is 5.29. The molecule has 0 aromatic carbocycles. The number of pyridine rings is 1. The number of rotatable bonds is 3. The van der Waals surface area contributed by atoms with Crippen molar-refractivity contribution >= 4 is 29.4 Å². The average Bonchev–Trinajstić information content (AvgIpc) is 3.40. The highest BCUT2D eigenvalue weighted by molar-refractivity contribution is 7.99. The van der Waals surface area contributed by atoms with Gasteiger partial charge in [-0.05, 0) is 18.6 Å². The molecule has 3 saturated heterocycles. The van der Waals surface area contributed by atoms with E-state index in [2.05, 4.69) is 15.2 Å². The summed E-state index contributed by atoms with van der Waals surface area (Å²) in [6.45, 7) is 3.21. The van der Waals surface area contributed by atoms with E-state index in [1.165, 1.54) is 6.20 Å². The maximum absolute atomic E-state index is 12.6. The van der Waals surface area contributed by atoms with Crippen LogP contribution in [-0.4, -0.2) is 83.0 Å². The highest BCUT2D eigenvalue weighted by Crippen LogP contribution is 2.22. The minimum atomic E-state index is -0.137. The van der Waals surface area contributed by atoms with Gasteiger partial charge in [-0.25, -0.2) is 4.98 Å². The summed E-state index contributed by atoms with van der Waals surface area (Å²) >= 11 is 1.79. The van der Waals surface area contributed by atoms with Crippen LogP contribution in [-0.2, 0) is 9.59 Å². The molecule has 0 radical (unpaired) electrons. The Morgan fingerprint density at radius 1 is 1.33 bits per heavy atom. The maximum atomic E-state index is 12.6. The molecule has 4 heterocycles. The van der Waals surface area contributed by atoms with Crippen LogP contribution in [0.25, 0.3) is 0 Å². The van der Waals surface area contributed by atoms with Crippen molar-refractivity contribution < 1.29 is 9.59 Å². The number of nitrogens with zero attached hydrogens (tertiary/aromatic N) is 5. The van der Waals surface area contributed by atoms with Gasteiger partial charge in [-0.15, -0.1) is 11.8 Å². The van der Waals surface area contributed by atoms with Gasteiger partial charge in [-0.1, -0.05) is 0 Å². The van der Waals surface area contributed by atoms with E-state index in [4.69, 9.17) is 5.26 Å². The van der Waals surface area contributed by atoms with Crippen molar-refractivity contribution in [2.45, 2.75) is 18.5 Å². The second-order valence-corrected chi connectivity index (χ2v) is 8.10. The molecule has 8 nitrogen and oxygen atoms in total. The second kappa shape index (κ2) is 7.84. The summed E-state index contributed by atoms with van der Waals surface area (Å²) in [6.07, 6.45) is 2.24. The summed E-state index contributed by atoms with van der Waals surface area (Å²) in [4.78, 5) is 35.2. The molecule has 0 spiro atoms. The Morgan fingerprint density at radius 2 is 2.22 bits per heavy atom. The molecular formula is C18H22N6O2S. The average molecular weight is 386 g/mol. The Bertz CT molecular complexity index is 758. The highest BCUT2D eigenvalue weighted by Gasteiger charge is 2.38. The molecule has 27 heavy (non-hydrogen) atoms. The van der Waals surface area contributed by atoms with E-state index in [-0.39, 0.29) is 23.9 Å². The number of hydrogen-bond acceptors (Lipinski definition) is 7. The van der Waals surface area contributed by atoms with Crippen LogP contribution in [0.15, 0.2) is 18.3 Å². The molecule has 0 saturated carbocycles. The van der Waals surface area contributed by atoms with Crippen LogP contribution in [0.1, 0.15) is 12.0 Å². The van der Waals surface area contributed by atoms with Crippen LogP contribution in [0.5, 0.6) is 0 Å². The van der Waals surface area contributed by atoms with Gasteiger partial charge >= 0.3 is 0 Å². The van der Waals surface area contributed by atoms with E-state index in [1.54, 1.807) is 28.8 Å². The van der Waals surface area contributed by atoms with Crippen LogP contribution in [0.4, 0.5) is 5.82 Å². The maximum Gasteiger partial charge on any atom is 0.242 e. The number of nitriles is 1. The fourth-order valence-electron chi connectivity index (χ4n) is 3.85. The fraction of sp³-hybridized carbons (Fsp3) is 0.556. The monoisotopic (exact) mass is 386 g/mol. The number of amides is 2. The molecule has 3 aliphatic heterocycles. The topological polar surface area (TPSA) is 92.6 Å². The molecule has 0 bridgehead atoms. The van der Waals surface area contributed by atoms with Crippen molar-refractivity contribution in [1.29, 1.82) is 5.26 Å². The van der Waals surface area contributed by atoms with Gasteiger partial charge in [0.15, 0.2) is 0 Å². The van der Waals surface area contributed by atoms with E-state index in [0.29, 0.717) is 24.5 Å². The summed E-state index contributed by atoms with van der Waals surface area (Å²) < 4.78 is 0. The van der Waals surface area contributed by atoms with E-state index in [0.717, 1.165) is 37.7 Å². The number of thioether (sulfide) groups is 1. The van der Waals surface area contributed by atoms with Gasteiger partial charge in [0.2, 0.25) is 11.8 Å². The van der Waals surface area contributed by atoms with Gasteiger partial charge in [-0.3, -0.25) is 19.4 Å². The lowest BCUT2D eigenvalue weighted by Crippen LogP contribution is -2.54. The number of piperazine rings is 1. The van der Waals surface area contributed by atoms with Crippen molar-refractivity contribution in [3.05, 3.63) is 23.9 Å². The van der Waals surface area contributed by atoms with Crippen LogP contribution in [0.3, 0.4) is 0 Å². The van der Waals surface area contributed by atoms with Gasteiger partial charge in [-0.2, -0.15) is 5.26 Å². The lowest BCUT2D eigenvalue weighted by molar-refractivity contribution is -0.131. The van der Waals surface area contributed by atoms with Crippen molar-refractivity contribution in [2.75, 3.05) is 49.3 Å². The van der Waals surface area contributed by atoms with E-state index in [1.807, 2.05) is 11.0 Å². The van der Waals surface area contributed by atoms with Crippen molar-refractivity contribution in [2.24, 2.45) is 0 Å². The number of hydrogen-bond donors (Lipinski definition) is 1. The van der Waals surface area contributed by atoms with E-state index >= 15 is 0 Å². The summed E-state index contributed by atoms with van der Waals surface area (Å²) in [5, 5.41) is 12.2. The zero-order valence-electron chi connectivity index (χ0n) is 15.0. The molecular weight excluding hydrogens is 364 g/mol. The molecule has 0 unspecified atom stereocenters. The summed E-state index contributed by atoms with van der Waals surface area (Å²) in [6, 6.07) is 5.49. The smallest absolute Gasteiger partial charge is 0.242 e. The van der Waals surface area contributed by atoms with Crippen LogP contribution < -0.4 is 10.2 Å². The number of anilines is 1. The molecule has 3 aliphatic rings. The molecule has 1 N–H and O–H groups in total. The highest BCUT2D eigenvalue weighted by atomic mass is 32.2. The predicted octanol–water partition coefficient (Wildman–Crippen LogP) is -0.135. The fourth-order valence-corrected chi connectivity index (χ4v) is 4.80. The number of nitrogens with one attached hydrogen (secondary N) is 1. The number of aromatic nitrogens is 1. The Labute approximate surface area is 162 Å². The van der Waals surface area contributed by atoms with E-state index in [9.17, 15) is 9.59 Å². The third-order valence-electron chi connectivity index (χ3n) is 5.39. The second-order valence-electron chi connectivity index (χ2n) is 7.02. The number of carbonyl (C=O) groups is 2. The van der Waals surface area contributed by atoms with Gasteiger partial charge in [0, 0.05) is 44.2 Å². The zero-order chi connectivity index (χ0) is 18.8. The first-order valence-electron chi connectivity index (χ1n) is 9.16. The van der Waals surface area contributed by atoms with Crippen LogP contribution in [0.2, 0.25) is 0 Å². The molecule has 142 valence electrons. The molecule has 0 aliphatic carbocycles. The number of carbonyl (C=O) groups excluding carboxylic acids is 2. The quantitative estimate of drug-likeness (QED) is 0.773. The molecule has 1 aromatic heterocycles. The van der Waals surface area contributed by atoms with Gasteiger partial charge in [0.25, 0.3) is 0 Å². The zero-order valence-corrected chi connectivity index (χ0v) is 15.8. The molecule has 1 aromatic rings. The lowest BCUT2D eigenvalue weighted by atomic mass is 10.1. The van der Waals surface area contributed by atoms with Gasteiger partial charge < -0.3 is 10.2 Å². The van der Waals surface area contributed by atoms with Gasteiger partial charge in [0.05, 0.1) is 24.0 Å². The van der Waals surface area contributed by atoms with Crippen molar-refractivity contribution in [3.63, 3.8) is 0 Å². The molecule has 4 rings (SSSR count). The normalized spacial score (nSPS) is 26.4. The minimum absolute atomic E-state index is 0.00387. The third-order valence-corrected chi connectivity index (χ3v) is 6.36. The molecule has 2 amide bonds. The largest absolute Gasteiger partial charge is 0.331 e. The molecule has 9 heteroatoms. The summed E-state index contributed by atoms with van der Waals surface area (Å²) in [5.74, 6) is 2.58. The Morgan fingerprint density at radius 3 is 2.89 bits per heavy atom. The molecule has 3 fully saturated rings. The van der Waals surface area contributed by atoms with Crippen LogP contribution >= 0.6 is 11.8 Å². The standard InChI is InChI=1S/C18H22N6O2S/c19-8-13-1-2-16(21-9-13)24-4-3-22(11-17(24)25)14-7-15(20-10-14)18(26)23-5-6-27-12-23/h1-2,9,14-15,20H,3-7,10-12H2/t14-,15-/m0/s1. The van der Waals surface area contributed by atoms with Crippen molar-refractivity contribution in [3.8, 4) is 6.07 Å². The summed E-state index contributed by atoms with van der Waals surface area (Å²) in [7, 11) is 0. The predicted molar refractivity (Wildman–Crippen MR) is 102 cm³/mol. The Hall–Kier alpha value is -2.15. The minimum Gasteiger partial charge on any atom is -0.331 e. The first-order valence-corrected chi connectivity index (χ1v) is 10.3. The van der Waals surface area contributed by atoms with E-state index < -0.39 is 0 Å². The lowest BCUT2D eigenvalue weighted by Gasteiger charge is -2.36. The van der Waals surface area contributed by atoms with Crippen LogP contribution in [0, 0.1) is 11.3 Å². The SMILES string of the molecule is N#Cc1ccc(N2CCN([C@@H]3CN[C@H](C(=O)N4CCSC4)C3)CC2=O)nc1.